The summed E-state index contributed by atoms with van der Waals surface area (Å²) in [6.45, 7) is 5.51. The molecule has 2 aromatic rings. The zero-order chi connectivity index (χ0) is 19.2. The molecule has 1 fully saturated rings. The van der Waals surface area contributed by atoms with Gasteiger partial charge in [0.1, 0.15) is 5.75 Å². The minimum atomic E-state index is -0.183. The number of nitrogens with one attached hydrogen (secondary N) is 1. The van der Waals surface area contributed by atoms with Crippen molar-refractivity contribution in [2.45, 2.75) is 39.5 Å². The number of amides is 2. The number of carbonyl (C=O) groups excluding carboxylic acids is 2. The molecule has 0 unspecified atom stereocenters. The molecule has 1 heterocycles. The van der Waals surface area contributed by atoms with E-state index in [1.807, 2.05) is 37.3 Å². The number of anilines is 2. The highest BCUT2D eigenvalue weighted by atomic mass is 16.5. The van der Waals surface area contributed by atoms with Crippen molar-refractivity contribution in [1.29, 1.82) is 0 Å². The van der Waals surface area contributed by atoms with Gasteiger partial charge in [0.15, 0.2) is 0 Å². The van der Waals surface area contributed by atoms with Gasteiger partial charge in [-0.3, -0.25) is 9.59 Å². The molecule has 0 spiro atoms. The number of hydrogen-bond donors (Lipinski definition) is 1. The van der Waals surface area contributed by atoms with E-state index in [1.165, 1.54) is 0 Å². The van der Waals surface area contributed by atoms with E-state index in [2.05, 4.69) is 12.2 Å². The molecule has 5 nitrogen and oxygen atoms in total. The molecule has 0 aromatic heterocycles. The molecule has 0 bridgehead atoms. The van der Waals surface area contributed by atoms with E-state index in [4.69, 9.17) is 4.74 Å². The second kappa shape index (κ2) is 8.71. The van der Waals surface area contributed by atoms with E-state index in [1.54, 1.807) is 17.0 Å². The van der Waals surface area contributed by atoms with Crippen LogP contribution in [-0.2, 0) is 4.79 Å². The molecule has 1 aliphatic rings. The first-order chi connectivity index (χ1) is 13.1. The minimum Gasteiger partial charge on any atom is -0.494 e. The zero-order valence-corrected chi connectivity index (χ0v) is 16.0. The van der Waals surface area contributed by atoms with Crippen LogP contribution in [0.1, 0.15) is 48.5 Å². The van der Waals surface area contributed by atoms with Crippen molar-refractivity contribution in [3.63, 3.8) is 0 Å². The second-order valence-electron chi connectivity index (χ2n) is 6.83. The summed E-state index contributed by atoms with van der Waals surface area (Å²) >= 11 is 0. The lowest BCUT2D eigenvalue weighted by Crippen LogP contribution is -2.24. The Labute approximate surface area is 160 Å². The monoisotopic (exact) mass is 366 g/mol. The fourth-order valence-corrected chi connectivity index (χ4v) is 3.12. The predicted octanol–water partition coefficient (Wildman–Crippen LogP) is 4.55. The zero-order valence-electron chi connectivity index (χ0n) is 16.0. The first-order valence-electron chi connectivity index (χ1n) is 9.53. The topological polar surface area (TPSA) is 58.6 Å². The molecule has 0 radical (unpaired) electrons. The highest BCUT2D eigenvalue weighted by molar-refractivity contribution is 6.05. The van der Waals surface area contributed by atoms with Crippen LogP contribution in [0.4, 0.5) is 11.4 Å². The molecule has 0 saturated carbocycles. The number of nitrogens with zero attached hydrogens (tertiary/aromatic N) is 1. The highest BCUT2D eigenvalue weighted by Gasteiger charge is 2.23. The summed E-state index contributed by atoms with van der Waals surface area (Å²) in [4.78, 5) is 26.4. The standard InChI is InChI=1S/C22H26N2O3/c1-3-4-14-27-19-11-8-17(9-12-19)22(26)23-18-10-7-16(2)20(15-18)24-13-5-6-21(24)25/h7-12,15H,3-6,13-14H2,1-2H3,(H,23,26). The lowest BCUT2D eigenvalue weighted by Gasteiger charge is -2.19. The fraction of sp³-hybridized carbons (Fsp3) is 0.364. The number of ether oxygens (including phenoxy) is 1. The average molecular weight is 366 g/mol. The van der Waals surface area contributed by atoms with Gasteiger partial charge in [-0.05, 0) is 61.7 Å². The van der Waals surface area contributed by atoms with Crippen molar-refractivity contribution >= 4 is 23.2 Å². The Morgan fingerprint density at radius 1 is 1.19 bits per heavy atom. The molecule has 2 amide bonds. The van der Waals surface area contributed by atoms with Crippen molar-refractivity contribution in [2.75, 3.05) is 23.4 Å². The summed E-state index contributed by atoms with van der Waals surface area (Å²) in [5.41, 5.74) is 3.15. The Morgan fingerprint density at radius 3 is 2.63 bits per heavy atom. The van der Waals surface area contributed by atoms with Gasteiger partial charge in [0, 0.05) is 29.9 Å². The normalized spacial score (nSPS) is 13.7. The van der Waals surface area contributed by atoms with E-state index in [-0.39, 0.29) is 11.8 Å². The third-order valence-electron chi connectivity index (χ3n) is 4.71. The van der Waals surface area contributed by atoms with Gasteiger partial charge in [0.05, 0.1) is 6.61 Å². The van der Waals surface area contributed by atoms with E-state index < -0.39 is 0 Å². The smallest absolute Gasteiger partial charge is 0.255 e. The molecule has 1 N–H and O–H groups in total. The van der Waals surface area contributed by atoms with Crippen LogP contribution < -0.4 is 15.0 Å². The lowest BCUT2D eigenvalue weighted by atomic mass is 10.1. The van der Waals surface area contributed by atoms with Gasteiger partial charge in [-0.2, -0.15) is 0 Å². The van der Waals surface area contributed by atoms with Gasteiger partial charge in [0.25, 0.3) is 5.91 Å². The maximum Gasteiger partial charge on any atom is 0.255 e. The maximum atomic E-state index is 12.5. The molecule has 0 atom stereocenters. The van der Waals surface area contributed by atoms with Crippen LogP contribution >= 0.6 is 0 Å². The van der Waals surface area contributed by atoms with Crippen molar-refractivity contribution in [2.24, 2.45) is 0 Å². The highest BCUT2D eigenvalue weighted by Crippen LogP contribution is 2.28. The fourth-order valence-electron chi connectivity index (χ4n) is 3.12. The largest absolute Gasteiger partial charge is 0.494 e. The Bertz CT molecular complexity index is 815. The number of carbonyl (C=O) groups is 2. The quantitative estimate of drug-likeness (QED) is 0.731. The molecular formula is C22H26N2O3. The number of benzene rings is 2. The van der Waals surface area contributed by atoms with Gasteiger partial charge in [-0.25, -0.2) is 0 Å². The van der Waals surface area contributed by atoms with Gasteiger partial charge in [-0.15, -0.1) is 0 Å². The number of unbranched alkanes of at least 4 members (excludes halogenated alkanes) is 1. The summed E-state index contributed by atoms with van der Waals surface area (Å²) < 4.78 is 5.63. The van der Waals surface area contributed by atoms with Crippen LogP contribution in [0.5, 0.6) is 5.75 Å². The van der Waals surface area contributed by atoms with Gasteiger partial charge >= 0.3 is 0 Å². The van der Waals surface area contributed by atoms with Crippen LogP contribution in [0.2, 0.25) is 0 Å². The Kier molecular flexibility index (Phi) is 6.12. The van der Waals surface area contributed by atoms with Gasteiger partial charge < -0.3 is 15.0 Å². The van der Waals surface area contributed by atoms with Crippen LogP contribution in [0, 0.1) is 6.92 Å². The molecule has 3 rings (SSSR count). The molecular weight excluding hydrogens is 340 g/mol. The summed E-state index contributed by atoms with van der Waals surface area (Å²) in [7, 11) is 0. The van der Waals surface area contributed by atoms with Crippen molar-refractivity contribution in [1.82, 2.24) is 0 Å². The molecule has 0 aliphatic carbocycles. The third-order valence-corrected chi connectivity index (χ3v) is 4.71. The molecule has 5 heteroatoms. The van der Waals surface area contributed by atoms with Gasteiger partial charge in [0.2, 0.25) is 5.91 Å². The number of hydrogen-bond acceptors (Lipinski definition) is 3. The maximum absolute atomic E-state index is 12.5. The Hall–Kier alpha value is -2.82. The van der Waals surface area contributed by atoms with E-state index in [9.17, 15) is 9.59 Å². The van der Waals surface area contributed by atoms with Gasteiger partial charge in [-0.1, -0.05) is 19.4 Å². The third kappa shape index (κ3) is 4.67. The lowest BCUT2D eigenvalue weighted by molar-refractivity contribution is -0.117. The van der Waals surface area contributed by atoms with Crippen LogP contribution in [0.15, 0.2) is 42.5 Å². The van der Waals surface area contributed by atoms with Crippen LogP contribution in [0.3, 0.4) is 0 Å². The van der Waals surface area contributed by atoms with E-state index in [0.29, 0.717) is 24.3 Å². The van der Waals surface area contributed by atoms with Crippen molar-refractivity contribution in [3.05, 3.63) is 53.6 Å². The second-order valence-corrected chi connectivity index (χ2v) is 6.83. The summed E-state index contributed by atoms with van der Waals surface area (Å²) in [6, 6.07) is 12.8. The SMILES string of the molecule is CCCCOc1ccc(C(=O)Nc2ccc(C)c(N3CCCC3=O)c2)cc1. The first kappa shape index (κ1) is 19.0. The molecule has 27 heavy (non-hydrogen) atoms. The summed E-state index contributed by atoms with van der Waals surface area (Å²) in [5.74, 6) is 0.725. The van der Waals surface area contributed by atoms with Crippen LogP contribution in [-0.4, -0.2) is 25.0 Å². The Morgan fingerprint density at radius 2 is 1.96 bits per heavy atom. The van der Waals surface area contributed by atoms with E-state index >= 15 is 0 Å². The molecule has 1 aliphatic heterocycles. The summed E-state index contributed by atoms with van der Waals surface area (Å²) in [5, 5.41) is 2.92. The van der Waals surface area contributed by atoms with Crippen LogP contribution in [0.25, 0.3) is 0 Å². The molecule has 142 valence electrons. The molecule has 2 aromatic carbocycles. The number of aryl methyl sites for hydroxylation is 1. The Balaban J connectivity index is 1.68. The summed E-state index contributed by atoms with van der Waals surface area (Å²) in [6.07, 6.45) is 3.56. The van der Waals surface area contributed by atoms with Crippen molar-refractivity contribution < 1.29 is 14.3 Å². The average Bonchev–Trinajstić information content (AvgIpc) is 3.10. The predicted molar refractivity (Wildman–Crippen MR) is 108 cm³/mol. The molecule has 1 saturated heterocycles. The van der Waals surface area contributed by atoms with E-state index in [0.717, 1.165) is 42.8 Å². The van der Waals surface area contributed by atoms with Crippen molar-refractivity contribution in [3.8, 4) is 5.75 Å². The first-order valence-corrected chi connectivity index (χ1v) is 9.53. The minimum absolute atomic E-state index is 0.139. The number of rotatable bonds is 7.